The number of methoxy groups -OCH3 is 1. The number of pyridine rings is 1. The molecule has 0 N–H and O–H groups in total. The Balaban J connectivity index is 0.00000187. The quantitative estimate of drug-likeness (QED) is 0.307. The van der Waals surface area contributed by atoms with Gasteiger partial charge in [0.1, 0.15) is 18.1 Å². The molecule has 33 heavy (non-hydrogen) atoms. The second-order valence-corrected chi connectivity index (χ2v) is 7.26. The molecule has 7 nitrogen and oxygen atoms in total. The van der Waals surface area contributed by atoms with Crippen LogP contribution in [-0.4, -0.2) is 34.9 Å². The van der Waals surface area contributed by atoms with Crippen LogP contribution >= 0.6 is 0 Å². The number of hydrogen-bond acceptors (Lipinski definition) is 6. The lowest BCUT2D eigenvalue weighted by atomic mass is 10.2. The zero-order chi connectivity index (χ0) is 23.9. The minimum Gasteiger partial charge on any atom is -0.494 e. The predicted octanol–water partition coefficient (Wildman–Crippen LogP) is 4.02. The Labute approximate surface area is 195 Å². The number of hydrogen-bond donors (Lipinski definition) is 0. The molecule has 0 saturated carbocycles. The van der Waals surface area contributed by atoms with E-state index in [1.54, 1.807) is 30.1 Å². The molecule has 0 saturated heterocycles. The van der Waals surface area contributed by atoms with Crippen molar-refractivity contribution in [2.24, 2.45) is 0 Å². The first-order valence-corrected chi connectivity index (χ1v) is 10.8. The minimum atomic E-state index is -0.111. The lowest BCUT2D eigenvalue weighted by Crippen LogP contribution is -2.22. The molecule has 3 aromatic rings. The van der Waals surface area contributed by atoms with Gasteiger partial charge in [0, 0.05) is 37.9 Å². The van der Waals surface area contributed by atoms with Crippen molar-refractivity contribution in [3.8, 4) is 24.3 Å². The smallest absolute Gasteiger partial charge is 0.254 e. The first kappa shape index (κ1) is 25.6. The number of aryl methyl sites for hydroxylation is 1. The summed E-state index contributed by atoms with van der Waals surface area (Å²) in [4.78, 5) is 20.9. The van der Waals surface area contributed by atoms with E-state index in [1.807, 2.05) is 37.3 Å². The van der Waals surface area contributed by atoms with E-state index in [1.165, 1.54) is 6.07 Å². The highest BCUT2D eigenvalue weighted by molar-refractivity contribution is 5.29. The lowest BCUT2D eigenvalue weighted by molar-refractivity contribution is 0.189. The van der Waals surface area contributed by atoms with Crippen LogP contribution in [0.2, 0.25) is 0 Å². The van der Waals surface area contributed by atoms with Crippen LogP contribution in [0.5, 0.6) is 11.5 Å². The molecule has 0 aliphatic heterocycles. The summed E-state index contributed by atoms with van der Waals surface area (Å²) in [7, 11) is 1.72. The van der Waals surface area contributed by atoms with Gasteiger partial charge < -0.3 is 18.8 Å². The maximum atomic E-state index is 12.6. The maximum absolute atomic E-state index is 12.6. The second kappa shape index (κ2) is 14.4. The lowest BCUT2D eigenvalue weighted by Gasteiger charge is -2.13. The number of nitrogens with zero attached hydrogens (tertiary/aromatic N) is 3. The summed E-state index contributed by atoms with van der Waals surface area (Å²) in [6, 6.07) is 13.0. The van der Waals surface area contributed by atoms with Crippen LogP contribution in [0.15, 0.2) is 59.7 Å². The Kier molecular flexibility index (Phi) is 11.2. The van der Waals surface area contributed by atoms with Gasteiger partial charge in [-0.05, 0) is 56.0 Å². The predicted molar refractivity (Wildman–Crippen MR) is 128 cm³/mol. The van der Waals surface area contributed by atoms with Crippen LogP contribution in [0.4, 0.5) is 0 Å². The summed E-state index contributed by atoms with van der Waals surface area (Å²) in [6.07, 6.45) is 14.5. The van der Waals surface area contributed by atoms with Crippen LogP contribution in [0.3, 0.4) is 0 Å². The number of aromatic nitrogens is 3. The fourth-order valence-electron chi connectivity index (χ4n) is 3.13. The molecule has 0 radical (unpaired) electrons. The second-order valence-electron chi connectivity index (χ2n) is 7.26. The molecule has 7 heteroatoms. The molecule has 0 amide bonds. The van der Waals surface area contributed by atoms with Crippen molar-refractivity contribution in [2.75, 3.05) is 20.3 Å². The molecule has 1 aromatic carbocycles. The molecule has 0 unspecified atom stereocenters. The molecule has 174 valence electrons. The van der Waals surface area contributed by atoms with Crippen molar-refractivity contribution in [1.29, 1.82) is 0 Å². The van der Waals surface area contributed by atoms with Crippen LogP contribution < -0.4 is 15.0 Å². The van der Waals surface area contributed by atoms with Gasteiger partial charge in [-0.3, -0.25) is 4.79 Å². The SMILES string of the molecule is C#C.COCCCCCOc1ccc(Cn2c(C)cc(OCc3ncccn3)cc2=O)cc1. The highest BCUT2D eigenvalue weighted by Gasteiger charge is 2.07. The summed E-state index contributed by atoms with van der Waals surface area (Å²) >= 11 is 0. The standard InChI is InChI=1S/C24H29N3O4.C2H2/c1-19-15-22(31-18-23-25-11-6-12-26-23)16-24(28)27(19)17-20-7-9-21(10-8-20)30-14-5-3-4-13-29-2;1-2/h6-12,15-16H,3-5,13-14,17-18H2,1-2H3;1-2H. The van der Waals surface area contributed by atoms with E-state index < -0.39 is 0 Å². The first-order valence-electron chi connectivity index (χ1n) is 10.8. The van der Waals surface area contributed by atoms with Gasteiger partial charge >= 0.3 is 0 Å². The van der Waals surface area contributed by atoms with Crippen LogP contribution in [-0.2, 0) is 17.9 Å². The average Bonchev–Trinajstić information content (AvgIpc) is 2.85. The minimum absolute atomic E-state index is 0.111. The molecule has 3 rings (SSSR count). The van der Waals surface area contributed by atoms with Gasteiger partial charge in [0.05, 0.1) is 13.2 Å². The van der Waals surface area contributed by atoms with Crippen LogP contribution in [0.25, 0.3) is 0 Å². The van der Waals surface area contributed by atoms with Gasteiger partial charge in [0.2, 0.25) is 0 Å². The summed E-state index contributed by atoms with van der Waals surface area (Å²) in [5.41, 5.74) is 1.75. The van der Waals surface area contributed by atoms with E-state index in [9.17, 15) is 4.79 Å². The Morgan fingerprint density at radius 3 is 2.27 bits per heavy atom. The van der Waals surface area contributed by atoms with E-state index in [0.717, 1.165) is 42.9 Å². The number of ether oxygens (including phenoxy) is 3. The van der Waals surface area contributed by atoms with Gasteiger partial charge in [-0.1, -0.05) is 12.1 Å². The highest BCUT2D eigenvalue weighted by Crippen LogP contribution is 2.16. The fraction of sp³-hybridized carbons (Fsp3) is 0.346. The Bertz CT molecular complexity index is 1030. The third-order valence-corrected chi connectivity index (χ3v) is 4.82. The summed E-state index contributed by atoms with van der Waals surface area (Å²) < 4.78 is 18.2. The maximum Gasteiger partial charge on any atom is 0.254 e. The van der Waals surface area contributed by atoms with Gasteiger partial charge in [-0.25, -0.2) is 9.97 Å². The number of unbranched alkanes of at least 4 members (excludes halogenated alkanes) is 2. The molecule has 2 aromatic heterocycles. The Hall–Kier alpha value is -3.63. The van der Waals surface area contributed by atoms with Crippen molar-refractivity contribution in [2.45, 2.75) is 39.3 Å². The third kappa shape index (κ3) is 8.79. The summed E-state index contributed by atoms with van der Waals surface area (Å²) in [5.74, 6) is 1.92. The van der Waals surface area contributed by atoms with E-state index in [0.29, 0.717) is 24.7 Å². The Morgan fingerprint density at radius 1 is 0.909 bits per heavy atom. The number of benzene rings is 1. The molecule has 0 spiro atoms. The van der Waals surface area contributed by atoms with Crippen LogP contribution in [0.1, 0.15) is 36.3 Å². The van der Waals surface area contributed by atoms with E-state index in [2.05, 4.69) is 22.8 Å². The molecule has 0 fully saturated rings. The average molecular weight is 450 g/mol. The zero-order valence-corrected chi connectivity index (χ0v) is 19.3. The van der Waals surface area contributed by atoms with E-state index >= 15 is 0 Å². The van der Waals surface area contributed by atoms with Gasteiger partial charge in [0.25, 0.3) is 5.56 Å². The molecule has 0 aliphatic carbocycles. The third-order valence-electron chi connectivity index (χ3n) is 4.82. The monoisotopic (exact) mass is 449 g/mol. The topological polar surface area (TPSA) is 75.5 Å². The van der Waals surface area contributed by atoms with Crippen molar-refractivity contribution >= 4 is 0 Å². The van der Waals surface area contributed by atoms with Crippen LogP contribution in [0, 0.1) is 19.8 Å². The molecular weight excluding hydrogens is 418 g/mol. The fourth-order valence-corrected chi connectivity index (χ4v) is 3.13. The molecule has 0 bridgehead atoms. The van der Waals surface area contributed by atoms with Gasteiger partial charge in [-0.2, -0.15) is 0 Å². The number of rotatable bonds is 12. The molecular formula is C26H31N3O4. The van der Waals surface area contributed by atoms with E-state index in [4.69, 9.17) is 14.2 Å². The summed E-state index contributed by atoms with van der Waals surface area (Å²) in [6.45, 7) is 4.09. The number of terminal acetylenes is 1. The normalized spacial score (nSPS) is 10.2. The highest BCUT2D eigenvalue weighted by atomic mass is 16.5. The van der Waals surface area contributed by atoms with Crippen molar-refractivity contribution in [3.05, 3.63) is 82.3 Å². The molecule has 0 aliphatic rings. The van der Waals surface area contributed by atoms with E-state index in [-0.39, 0.29) is 12.2 Å². The van der Waals surface area contributed by atoms with Gasteiger partial charge in [-0.15, -0.1) is 12.8 Å². The van der Waals surface area contributed by atoms with Crippen molar-refractivity contribution in [3.63, 3.8) is 0 Å². The molecule has 0 atom stereocenters. The zero-order valence-electron chi connectivity index (χ0n) is 19.3. The largest absolute Gasteiger partial charge is 0.494 e. The van der Waals surface area contributed by atoms with Crippen molar-refractivity contribution < 1.29 is 14.2 Å². The van der Waals surface area contributed by atoms with Crippen molar-refractivity contribution in [1.82, 2.24) is 14.5 Å². The Morgan fingerprint density at radius 2 is 1.61 bits per heavy atom. The first-order chi connectivity index (χ1) is 16.2. The van der Waals surface area contributed by atoms with Gasteiger partial charge in [0.15, 0.2) is 5.82 Å². The molecule has 2 heterocycles. The summed E-state index contributed by atoms with van der Waals surface area (Å²) in [5, 5.41) is 0.